The van der Waals surface area contributed by atoms with Gasteiger partial charge >= 0.3 is 0 Å². The molecule has 2 rings (SSSR count). The highest BCUT2D eigenvalue weighted by Gasteiger charge is 2.01. The van der Waals surface area contributed by atoms with E-state index in [1.165, 1.54) is 5.56 Å². The van der Waals surface area contributed by atoms with E-state index in [1.807, 2.05) is 25.4 Å². The number of nitrogens with one attached hydrogen (secondary N) is 1. The van der Waals surface area contributed by atoms with Crippen LogP contribution in [0.4, 0.5) is 5.95 Å². The first-order valence-corrected chi connectivity index (χ1v) is 5.52. The number of aromatic nitrogens is 2. The lowest BCUT2D eigenvalue weighted by molar-refractivity contribution is 0.805. The molecule has 0 saturated heterocycles. The average Bonchev–Trinajstić information content (AvgIpc) is 2.65. The monoisotopic (exact) mass is 265 g/mol. The van der Waals surface area contributed by atoms with Crippen LogP contribution in [0.25, 0.3) is 0 Å². The highest BCUT2D eigenvalue weighted by molar-refractivity contribution is 9.10. The van der Waals surface area contributed by atoms with Gasteiger partial charge in [0.25, 0.3) is 0 Å². The smallest absolute Gasteiger partial charge is 0.202 e. The van der Waals surface area contributed by atoms with Gasteiger partial charge in [0, 0.05) is 23.9 Å². The fourth-order valence-electron chi connectivity index (χ4n) is 1.50. The Morgan fingerprint density at radius 3 is 3.07 bits per heavy atom. The molecule has 0 bridgehead atoms. The van der Waals surface area contributed by atoms with Gasteiger partial charge in [-0.3, -0.25) is 0 Å². The van der Waals surface area contributed by atoms with E-state index in [0.29, 0.717) is 0 Å². The number of anilines is 1. The molecule has 0 aliphatic carbocycles. The molecule has 15 heavy (non-hydrogen) atoms. The largest absolute Gasteiger partial charge is 0.359 e. The molecule has 0 spiro atoms. The molecule has 0 amide bonds. The Hall–Kier alpha value is -1.29. The molecule has 1 aromatic heterocycles. The lowest BCUT2D eigenvalue weighted by Gasteiger charge is -2.07. The molecular weight excluding hydrogens is 254 g/mol. The summed E-state index contributed by atoms with van der Waals surface area (Å²) < 4.78 is 3.17. The van der Waals surface area contributed by atoms with Crippen molar-refractivity contribution in [3.63, 3.8) is 0 Å². The summed E-state index contributed by atoms with van der Waals surface area (Å²) >= 11 is 3.46. The van der Waals surface area contributed by atoms with Crippen molar-refractivity contribution in [1.82, 2.24) is 9.55 Å². The Morgan fingerprint density at radius 1 is 1.47 bits per heavy atom. The maximum atomic E-state index is 4.19. The summed E-state index contributed by atoms with van der Waals surface area (Å²) in [6.45, 7) is 0.829. The Kier molecular flexibility index (Phi) is 3.06. The van der Waals surface area contributed by atoms with Crippen LogP contribution in [0.3, 0.4) is 0 Å². The predicted molar refractivity (Wildman–Crippen MR) is 65.0 cm³/mol. The molecule has 0 unspecified atom stereocenters. The predicted octanol–water partition coefficient (Wildman–Crippen LogP) is 2.74. The van der Waals surface area contributed by atoms with Crippen LogP contribution in [-0.2, 0) is 6.54 Å². The van der Waals surface area contributed by atoms with Gasteiger partial charge < -0.3 is 9.88 Å². The quantitative estimate of drug-likeness (QED) is 0.925. The molecule has 1 aromatic carbocycles. The SMILES string of the molecule is CNc1nccn1Cc1cccc(Br)c1. The van der Waals surface area contributed by atoms with Gasteiger partial charge in [-0.05, 0) is 17.7 Å². The second-order valence-corrected chi connectivity index (χ2v) is 4.17. The van der Waals surface area contributed by atoms with E-state index in [4.69, 9.17) is 0 Å². The zero-order chi connectivity index (χ0) is 10.7. The van der Waals surface area contributed by atoms with Gasteiger partial charge in [0.15, 0.2) is 0 Å². The second-order valence-electron chi connectivity index (χ2n) is 3.26. The fourth-order valence-corrected chi connectivity index (χ4v) is 1.94. The first-order valence-electron chi connectivity index (χ1n) is 4.73. The Labute approximate surface area is 97.3 Å². The third-order valence-corrected chi connectivity index (χ3v) is 2.67. The normalized spacial score (nSPS) is 10.3. The molecular formula is C11H12BrN3. The Morgan fingerprint density at radius 2 is 2.33 bits per heavy atom. The summed E-state index contributed by atoms with van der Waals surface area (Å²) in [6.07, 6.45) is 3.76. The number of halogens is 1. The molecule has 0 aliphatic heterocycles. The van der Waals surface area contributed by atoms with E-state index in [2.05, 4.69) is 42.9 Å². The van der Waals surface area contributed by atoms with Crippen LogP contribution in [0.15, 0.2) is 41.1 Å². The standard InChI is InChI=1S/C11H12BrN3/c1-13-11-14-5-6-15(11)8-9-3-2-4-10(12)7-9/h2-7H,8H2,1H3,(H,13,14). The van der Waals surface area contributed by atoms with Crippen LogP contribution in [0.2, 0.25) is 0 Å². The molecule has 0 saturated carbocycles. The van der Waals surface area contributed by atoms with Gasteiger partial charge in [-0.25, -0.2) is 4.98 Å². The fraction of sp³-hybridized carbons (Fsp3) is 0.182. The first-order chi connectivity index (χ1) is 7.29. The zero-order valence-electron chi connectivity index (χ0n) is 8.44. The van der Waals surface area contributed by atoms with E-state index in [9.17, 15) is 0 Å². The van der Waals surface area contributed by atoms with Crippen molar-refractivity contribution in [1.29, 1.82) is 0 Å². The van der Waals surface area contributed by atoms with Crippen LogP contribution in [0.1, 0.15) is 5.56 Å². The molecule has 3 nitrogen and oxygen atoms in total. The highest BCUT2D eigenvalue weighted by atomic mass is 79.9. The van der Waals surface area contributed by atoms with Gasteiger partial charge in [-0.1, -0.05) is 28.1 Å². The molecule has 4 heteroatoms. The second kappa shape index (κ2) is 4.49. The molecule has 2 aromatic rings. The lowest BCUT2D eigenvalue weighted by Crippen LogP contribution is -2.03. The highest BCUT2D eigenvalue weighted by Crippen LogP contribution is 2.14. The number of imidazole rings is 1. The van der Waals surface area contributed by atoms with Crippen molar-refractivity contribution in [3.8, 4) is 0 Å². The minimum atomic E-state index is 0.829. The van der Waals surface area contributed by atoms with Gasteiger partial charge in [-0.15, -0.1) is 0 Å². The van der Waals surface area contributed by atoms with Crippen LogP contribution < -0.4 is 5.32 Å². The summed E-state index contributed by atoms with van der Waals surface area (Å²) in [5, 5.41) is 3.05. The zero-order valence-corrected chi connectivity index (χ0v) is 10.0. The van der Waals surface area contributed by atoms with Crippen molar-refractivity contribution in [3.05, 3.63) is 46.7 Å². The molecule has 0 atom stereocenters. The molecule has 0 fully saturated rings. The Bertz CT molecular complexity index is 451. The van der Waals surface area contributed by atoms with Crippen molar-refractivity contribution >= 4 is 21.9 Å². The van der Waals surface area contributed by atoms with Crippen molar-refractivity contribution in [2.45, 2.75) is 6.54 Å². The molecule has 0 aliphatic rings. The van der Waals surface area contributed by atoms with Gasteiger partial charge in [0.05, 0.1) is 6.54 Å². The average molecular weight is 266 g/mol. The minimum absolute atomic E-state index is 0.829. The van der Waals surface area contributed by atoms with E-state index >= 15 is 0 Å². The minimum Gasteiger partial charge on any atom is -0.359 e. The van der Waals surface area contributed by atoms with Crippen molar-refractivity contribution in [2.24, 2.45) is 0 Å². The third kappa shape index (κ3) is 2.39. The maximum Gasteiger partial charge on any atom is 0.202 e. The van der Waals surface area contributed by atoms with E-state index in [0.717, 1.165) is 17.0 Å². The number of benzene rings is 1. The molecule has 1 heterocycles. The van der Waals surface area contributed by atoms with Crippen LogP contribution >= 0.6 is 15.9 Å². The number of rotatable bonds is 3. The van der Waals surface area contributed by atoms with Crippen molar-refractivity contribution in [2.75, 3.05) is 12.4 Å². The number of hydrogen-bond acceptors (Lipinski definition) is 2. The number of nitrogens with zero attached hydrogens (tertiary/aromatic N) is 2. The third-order valence-electron chi connectivity index (χ3n) is 2.18. The first kappa shape index (κ1) is 10.2. The molecule has 0 radical (unpaired) electrons. The molecule has 78 valence electrons. The molecule has 1 N–H and O–H groups in total. The van der Waals surface area contributed by atoms with Gasteiger partial charge in [0.1, 0.15) is 0 Å². The number of hydrogen-bond donors (Lipinski definition) is 1. The van der Waals surface area contributed by atoms with Gasteiger partial charge in [-0.2, -0.15) is 0 Å². The van der Waals surface area contributed by atoms with E-state index < -0.39 is 0 Å². The van der Waals surface area contributed by atoms with Gasteiger partial charge in [0.2, 0.25) is 5.95 Å². The summed E-state index contributed by atoms with van der Waals surface area (Å²) in [4.78, 5) is 4.19. The van der Waals surface area contributed by atoms with Crippen LogP contribution in [0, 0.1) is 0 Å². The topological polar surface area (TPSA) is 29.9 Å². The van der Waals surface area contributed by atoms with E-state index in [1.54, 1.807) is 6.20 Å². The summed E-state index contributed by atoms with van der Waals surface area (Å²) in [5.41, 5.74) is 1.25. The summed E-state index contributed by atoms with van der Waals surface area (Å²) in [6, 6.07) is 8.27. The Balaban J connectivity index is 2.22. The summed E-state index contributed by atoms with van der Waals surface area (Å²) in [7, 11) is 1.87. The lowest BCUT2D eigenvalue weighted by atomic mass is 10.2. The van der Waals surface area contributed by atoms with Crippen LogP contribution in [0.5, 0.6) is 0 Å². The van der Waals surface area contributed by atoms with Crippen LogP contribution in [-0.4, -0.2) is 16.6 Å². The van der Waals surface area contributed by atoms with Crippen molar-refractivity contribution < 1.29 is 0 Å². The van der Waals surface area contributed by atoms with E-state index in [-0.39, 0.29) is 0 Å². The summed E-state index contributed by atoms with van der Waals surface area (Å²) in [5.74, 6) is 0.884. The maximum absolute atomic E-state index is 4.19.